The SMILES string of the molecule is CSc1ccc(N(c2ccc(C=Cc3cc(C=Cc4ccc(N(c5ccc(SC)cc5)c5ccc(SC)cc5)cc4)c(/C=C/c4ccc(N(c5ccc(SC)cc5)c5ccc(SC)cc5)cc4)cc3C=Cc3ccc(N(c4ccc(SC)cc4)c4ccc(SC)cc4)cc3)cc2)c2ccc(SC)cc2)cc1. The Balaban J connectivity index is 0.906. The molecular weight excluding hydrogens is 1440 g/mol. The third kappa shape index (κ3) is 18.8. The molecule has 0 saturated heterocycles. The maximum atomic E-state index is 2.35. The highest BCUT2D eigenvalue weighted by Gasteiger charge is 2.19. The Labute approximate surface area is 661 Å². The second-order valence-electron chi connectivity index (χ2n) is 24.7. The number of rotatable bonds is 28. The predicted molar refractivity (Wildman–Crippen MR) is 481 cm³/mol. The van der Waals surface area contributed by atoms with Gasteiger partial charge in [-0.15, -0.1) is 94.1 Å². The summed E-state index contributed by atoms with van der Waals surface area (Å²) in [5, 5.41) is 0. The fraction of sp³-hybridized carbons (Fsp3) is 0.0851. The summed E-state index contributed by atoms with van der Waals surface area (Å²) < 4.78 is 0. The van der Waals surface area contributed by atoms with Gasteiger partial charge in [0.05, 0.1) is 0 Å². The second kappa shape index (κ2) is 36.9. The molecule has 0 aliphatic carbocycles. The van der Waals surface area contributed by atoms with Gasteiger partial charge in [0.2, 0.25) is 0 Å². The first kappa shape index (κ1) is 75.1. The zero-order chi connectivity index (χ0) is 73.1. The van der Waals surface area contributed by atoms with E-state index in [2.05, 4.69) is 422 Å². The molecule has 13 rings (SSSR count). The van der Waals surface area contributed by atoms with E-state index in [0.717, 1.165) is 113 Å². The molecule has 13 aromatic carbocycles. The largest absolute Gasteiger partial charge is 0.311 e. The van der Waals surface area contributed by atoms with Crippen LogP contribution in [0, 0.1) is 0 Å². The van der Waals surface area contributed by atoms with Gasteiger partial charge in [0.1, 0.15) is 0 Å². The average Bonchev–Trinajstić information content (AvgIpc) is 0.824. The molecule has 106 heavy (non-hydrogen) atoms. The van der Waals surface area contributed by atoms with E-state index in [4.69, 9.17) is 0 Å². The first-order chi connectivity index (χ1) is 52.1. The zero-order valence-electron chi connectivity index (χ0n) is 60.5. The molecule has 12 heteroatoms. The highest BCUT2D eigenvalue weighted by atomic mass is 32.2. The van der Waals surface area contributed by atoms with Crippen LogP contribution in [-0.2, 0) is 0 Å². The van der Waals surface area contributed by atoms with E-state index in [1.165, 1.54) is 39.2 Å². The van der Waals surface area contributed by atoms with Gasteiger partial charge in [-0.05, 0) is 349 Å². The lowest BCUT2D eigenvalue weighted by atomic mass is 9.95. The summed E-state index contributed by atoms with van der Waals surface area (Å²) in [7, 11) is 0. The van der Waals surface area contributed by atoms with Crippen molar-refractivity contribution in [2.75, 3.05) is 69.6 Å². The monoisotopic (exact) mass is 1520 g/mol. The van der Waals surface area contributed by atoms with Crippen LogP contribution in [-0.4, -0.2) is 50.0 Å². The molecule has 526 valence electrons. The topological polar surface area (TPSA) is 13.0 Å². The molecule has 13 aromatic rings. The van der Waals surface area contributed by atoms with Crippen LogP contribution in [0.1, 0.15) is 44.5 Å². The Morgan fingerprint density at radius 3 is 0.377 bits per heavy atom. The highest BCUT2D eigenvalue weighted by Crippen LogP contribution is 2.42. The minimum atomic E-state index is 1.08. The van der Waals surface area contributed by atoms with Crippen molar-refractivity contribution in [1.29, 1.82) is 0 Å². The van der Waals surface area contributed by atoms with Crippen LogP contribution in [0.4, 0.5) is 68.2 Å². The van der Waals surface area contributed by atoms with Gasteiger partial charge in [-0.3, -0.25) is 0 Å². The summed E-state index contributed by atoms with van der Waals surface area (Å²) in [5.41, 5.74) is 21.9. The van der Waals surface area contributed by atoms with Crippen molar-refractivity contribution in [2.24, 2.45) is 0 Å². The lowest BCUT2D eigenvalue weighted by Gasteiger charge is -2.26. The maximum absolute atomic E-state index is 2.35. The third-order valence-electron chi connectivity index (χ3n) is 18.4. The van der Waals surface area contributed by atoms with Crippen molar-refractivity contribution in [3.63, 3.8) is 0 Å². The summed E-state index contributed by atoms with van der Waals surface area (Å²) >= 11 is 14.0. The minimum Gasteiger partial charge on any atom is -0.311 e. The van der Waals surface area contributed by atoms with Crippen LogP contribution < -0.4 is 19.6 Å². The van der Waals surface area contributed by atoms with Gasteiger partial charge >= 0.3 is 0 Å². The van der Waals surface area contributed by atoms with Crippen molar-refractivity contribution in [3.05, 3.63) is 348 Å². The first-order valence-corrected chi connectivity index (χ1v) is 44.5. The van der Waals surface area contributed by atoms with Crippen molar-refractivity contribution in [1.82, 2.24) is 0 Å². The van der Waals surface area contributed by atoms with Gasteiger partial charge in [0.15, 0.2) is 0 Å². The second-order valence-corrected chi connectivity index (χ2v) is 31.8. The van der Waals surface area contributed by atoms with Gasteiger partial charge in [0.25, 0.3) is 0 Å². The summed E-state index contributed by atoms with van der Waals surface area (Å²) in [4.78, 5) is 19.2. The molecular formula is C94H82N4S8. The molecule has 0 saturated carbocycles. The number of hydrogen-bond acceptors (Lipinski definition) is 12. The van der Waals surface area contributed by atoms with Crippen molar-refractivity contribution in [2.45, 2.75) is 39.2 Å². The lowest BCUT2D eigenvalue weighted by molar-refractivity contribution is 1.26. The Morgan fingerprint density at radius 1 is 0.151 bits per heavy atom. The van der Waals surface area contributed by atoms with Gasteiger partial charge in [-0.1, -0.05) is 97.1 Å². The van der Waals surface area contributed by atoms with Crippen molar-refractivity contribution < 1.29 is 0 Å². The van der Waals surface area contributed by atoms with Gasteiger partial charge in [-0.2, -0.15) is 0 Å². The molecule has 4 nitrogen and oxygen atoms in total. The lowest BCUT2D eigenvalue weighted by Crippen LogP contribution is -2.09. The quantitative estimate of drug-likeness (QED) is 0.0343. The molecule has 0 radical (unpaired) electrons. The molecule has 0 bridgehead atoms. The van der Waals surface area contributed by atoms with Gasteiger partial charge < -0.3 is 19.6 Å². The molecule has 0 aliphatic rings. The van der Waals surface area contributed by atoms with Crippen LogP contribution in [0.3, 0.4) is 0 Å². The fourth-order valence-corrected chi connectivity index (χ4v) is 15.8. The molecule has 0 heterocycles. The maximum Gasteiger partial charge on any atom is 0.0462 e. The number of thioether (sulfide) groups is 8. The summed E-state index contributed by atoms with van der Waals surface area (Å²) in [5.74, 6) is 0. The summed E-state index contributed by atoms with van der Waals surface area (Å²) in [6.45, 7) is 0. The highest BCUT2D eigenvalue weighted by molar-refractivity contribution is 8.00. The van der Waals surface area contributed by atoms with Crippen LogP contribution >= 0.6 is 94.1 Å². The molecule has 0 unspecified atom stereocenters. The normalized spacial score (nSPS) is 11.5. The van der Waals surface area contributed by atoms with Crippen LogP contribution in [0.5, 0.6) is 0 Å². The minimum absolute atomic E-state index is 1.08. The first-order valence-electron chi connectivity index (χ1n) is 34.7. The van der Waals surface area contributed by atoms with Crippen molar-refractivity contribution >= 4 is 211 Å². The van der Waals surface area contributed by atoms with E-state index in [-0.39, 0.29) is 0 Å². The van der Waals surface area contributed by atoms with E-state index >= 15 is 0 Å². The number of benzene rings is 13. The van der Waals surface area contributed by atoms with Crippen LogP contribution in [0.15, 0.2) is 342 Å². The standard InChI is InChI=1S/C94H82N4S8/c1-99-87-49-33-79(34-50-87)95(80-35-51-88(100-2)52-36-80)75-25-13-67(14-26-75)9-21-71-65-73(23-11-69-17-29-77(30-18-69)97(83-41-57-91(103-5)58-42-83)84-43-59-92(104-6)60-44-84)74(24-12-70-19-31-78(32-20-70)98(85-45-61-93(105-7)62-46-85)86-47-63-94(106-8)64-48-86)66-72(71)22-10-68-15-27-76(28-16-68)96(81-37-53-89(101-3)54-38-81)82-39-55-90(102-4)56-40-82/h9-66H,1-8H3/b21-9+,22-10?,23-11?,24-12?. The summed E-state index contributed by atoms with van der Waals surface area (Å²) in [6, 6.07) is 111. The third-order valence-corrected chi connectivity index (χ3v) is 24.3. The van der Waals surface area contributed by atoms with Gasteiger partial charge in [0, 0.05) is 107 Å². The number of anilines is 12. The van der Waals surface area contributed by atoms with Crippen LogP contribution in [0.25, 0.3) is 48.6 Å². The van der Waals surface area contributed by atoms with Crippen LogP contribution in [0.2, 0.25) is 0 Å². The Morgan fingerprint density at radius 2 is 0.264 bits per heavy atom. The Kier molecular flexibility index (Phi) is 26.1. The Hall–Kier alpha value is -9.18. The predicted octanol–water partition coefficient (Wildman–Crippen LogP) is 30.0. The zero-order valence-corrected chi connectivity index (χ0v) is 67.1. The number of nitrogens with zero attached hydrogens (tertiary/aromatic N) is 4. The molecule has 0 fully saturated rings. The number of hydrogen-bond donors (Lipinski definition) is 0. The molecule has 0 N–H and O–H groups in total. The summed E-state index contributed by atoms with van der Waals surface area (Å²) in [6.07, 6.45) is 35.1. The molecule has 0 aliphatic heterocycles. The average molecular weight is 1520 g/mol. The van der Waals surface area contributed by atoms with E-state index in [1.54, 1.807) is 94.1 Å². The van der Waals surface area contributed by atoms with Gasteiger partial charge in [-0.25, -0.2) is 0 Å². The molecule has 0 spiro atoms. The van der Waals surface area contributed by atoms with E-state index in [9.17, 15) is 0 Å². The molecule has 0 aromatic heterocycles. The van der Waals surface area contributed by atoms with Crippen molar-refractivity contribution in [3.8, 4) is 0 Å². The van der Waals surface area contributed by atoms with E-state index in [1.807, 2.05) is 0 Å². The molecule has 0 atom stereocenters. The molecule has 0 amide bonds. The Bertz CT molecular complexity index is 4280. The van der Waals surface area contributed by atoms with E-state index in [0.29, 0.717) is 0 Å². The smallest absolute Gasteiger partial charge is 0.0462 e. The van der Waals surface area contributed by atoms with E-state index < -0.39 is 0 Å². The fourth-order valence-electron chi connectivity index (χ4n) is 12.6.